The number of carbonyl (C=O) groups excluding carboxylic acids is 2. The summed E-state index contributed by atoms with van der Waals surface area (Å²) in [6.45, 7) is 0.183. The van der Waals surface area contributed by atoms with Gasteiger partial charge in [-0.1, -0.05) is 37.8 Å². The van der Waals surface area contributed by atoms with Crippen molar-refractivity contribution in [3.8, 4) is 11.5 Å². The van der Waals surface area contributed by atoms with Crippen LogP contribution >= 0.6 is 0 Å². The minimum atomic E-state index is -0.287. The molecular weight excluding hydrogens is 356 g/mol. The Labute approximate surface area is 164 Å². The number of hydrogen-bond donors (Lipinski definition) is 2. The Morgan fingerprint density at radius 2 is 1.75 bits per heavy atom. The SMILES string of the molecule is O=C(CCC1CCCC1)Nc1ccccc1C(=O)Nc1ccc2c(c1)OCO2. The van der Waals surface area contributed by atoms with E-state index < -0.39 is 0 Å². The van der Waals surface area contributed by atoms with Crippen LogP contribution in [0.4, 0.5) is 11.4 Å². The van der Waals surface area contributed by atoms with Gasteiger partial charge in [0.1, 0.15) is 0 Å². The Balaban J connectivity index is 1.40. The van der Waals surface area contributed by atoms with Crippen molar-refractivity contribution in [1.82, 2.24) is 0 Å². The van der Waals surface area contributed by atoms with Crippen LogP contribution in [0, 0.1) is 5.92 Å². The first kappa shape index (κ1) is 18.3. The molecule has 146 valence electrons. The molecule has 6 nitrogen and oxygen atoms in total. The first-order valence-corrected chi connectivity index (χ1v) is 9.79. The van der Waals surface area contributed by atoms with Crippen molar-refractivity contribution in [2.24, 2.45) is 5.92 Å². The van der Waals surface area contributed by atoms with Crippen LogP contribution < -0.4 is 20.1 Å². The van der Waals surface area contributed by atoms with Crippen LogP contribution in [-0.2, 0) is 4.79 Å². The predicted octanol–water partition coefficient (Wildman–Crippen LogP) is 4.58. The molecular formula is C22H24N2O4. The molecule has 1 saturated carbocycles. The molecule has 0 aromatic heterocycles. The second-order valence-corrected chi connectivity index (χ2v) is 7.31. The molecule has 1 fully saturated rings. The summed E-state index contributed by atoms with van der Waals surface area (Å²) in [7, 11) is 0. The van der Waals surface area contributed by atoms with Gasteiger partial charge in [0.05, 0.1) is 11.3 Å². The van der Waals surface area contributed by atoms with Crippen LogP contribution in [0.5, 0.6) is 11.5 Å². The van der Waals surface area contributed by atoms with E-state index >= 15 is 0 Å². The zero-order valence-corrected chi connectivity index (χ0v) is 15.7. The average molecular weight is 380 g/mol. The van der Waals surface area contributed by atoms with Crippen LogP contribution in [0.2, 0.25) is 0 Å². The van der Waals surface area contributed by atoms with Crippen molar-refractivity contribution >= 4 is 23.2 Å². The molecule has 0 atom stereocenters. The highest BCUT2D eigenvalue weighted by Gasteiger charge is 2.19. The number of rotatable bonds is 6. The molecule has 2 aliphatic rings. The van der Waals surface area contributed by atoms with Gasteiger partial charge in [-0.25, -0.2) is 0 Å². The Morgan fingerprint density at radius 1 is 0.964 bits per heavy atom. The number of hydrogen-bond acceptors (Lipinski definition) is 4. The van der Waals surface area contributed by atoms with Crippen molar-refractivity contribution in [1.29, 1.82) is 0 Å². The van der Waals surface area contributed by atoms with Gasteiger partial charge in [0, 0.05) is 18.2 Å². The number of nitrogens with one attached hydrogen (secondary N) is 2. The fourth-order valence-corrected chi connectivity index (χ4v) is 3.81. The maximum absolute atomic E-state index is 12.7. The predicted molar refractivity (Wildman–Crippen MR) is 107 cm³/mol. The number of carbonyl (C=O) groups is 2. The van der Waals surface area contributed by atoms with Gasteiger partial charge in [0.15, 0.2) is 11.5 Å². The van der Waals surface area contributed by atoms with Crippen molar-refractivity contribution in [3.05, 3.63) is 48.0 Å². The number of para-hydroxylation sites is 1. The Kier molecular flexibility index (Phi) is 5.46. The second kappa shape index (κ2) is 8.33. The van der Waals surface area contributed by atoms with Crippen LogP contribution in [0.3, 0.4) is 0 Å². The highest BCUT2D eigenvalue weighted by molar-refractivity contribution is 6.10. The molecule has 2 N–H and O–H groups in total. The first-order chi connectivity index (χ1) is 13.7. The summed E-state index contributed by atoms with van der Waals surface area (Å²) in [5.74, 6) is 1.59. The zero-order chi connectivity index (χ0) is 19.3. The number of fused-ring (bicyclic) bond motifs is 1. The van der Waals surface area contributed by atoms with E-state index in [9.17, 15) is 9.59 Å². The van der Waals surface area contributed by atoms with Gasteiger partial charge in [-0.15, -0.1) is 0 Å². The highest BCUT2D eigenvalue weighted by Crippen LogP contribution is 2.34. The lowest BCUT2D eigenvalue weighted by Crippen LogP contribution is -2.18. The molecule has 4 rings (SSSR count). The minimum Gasteiger partial charge on any atom is -0.454 e. The number of ether oxygens (including phenoxy) is 2. The molecule has 1 aliphatic heterocycles. The number of benzene rings is 2. The first-order valence-electron chi connectivity index (χ1n) is 9.79. The third-order valence-corrected chi connectivity index (χ3v) is 5.33. The van der Waals surface area contributed by atoms with E-state index in [0.29, 0.717) is 40.8 Å². The molecule has 2 amide bonds. The summed E-state index contributed by atoms with van der Waals surface area (Å²) in [5, 5.41) is 5.75. The lowest BCUT2D eigenvalue weighted by atomic mass is 10.0. The molecule has 2 aromatic rings. The van der Waals surface area contributed by atoms with E-state index in [1.165, 1.54) is 25.7 Å². The van der Waals surface area contributed by atoms with Crippen molar-refractivity contribution < 1.29 is 19.1 Å². The van der Waals surface area contributed by atoms with Gasteiger partial charge in [-0.05, 0) is 36.6 Å². The normalized spacial score (nSPS) is 15.4. The van der Waals surface area contributed by atoms with Gasteiger partial charge < -0.3 is 20.1 Å². The molecule has 0 spiro atoms. The summed E-state index contributed by atoms with van der Waals surface area (Å²) in [6, 6.07) is 12.3. The Bertz CT molecular complexity index is 875. The van der Waals surface area contributed by atoms with Gasteiger partial charge >= 0.3 is 0 Å². The van der Waals surface area contributed by atoms with E-state index in [-0.39, 0.29) is 18.6 Å². The largest absolute Gasteiger partial charge is 0.454 e. The smallest absolute Gasteiger partial charge is 0.257 e. The molecule has 1 aliphatic carbocycles. The van der Waals surface area contributed by atoms with Gasteiger partial charge in [-0.2, -0.15) is 0 Å². The topological polar surface area (TPSA) is 76.7 Å². The lowest BCUT2D eigenvalue weighted by molar-refractivity contribution is -0.116. The van der Waals surface area contributed by atoms with E-state index in [4.69, 9.17) is 9.47 Å². The highest BCUT2D eigenvalue weighted by atomic mass is 16.7. The maximum atomic E-state index is 12.7. The van der Waals surface area contributed by atoms with Crippen LogP contribution in [-0.4, -0.2) is 18.6 Å². The van der Waals surface area contributed by atoms with E-state index in [1.54, 1.807) is 36.4 Å². The van der Waals surface area contributed by atoms with Crippen LogP contribution in [0.25, 0.3) is 0 Å². The van der Waals surface area contributed by atoms with Gasteiger partial charge in [-0.3, -0.25) is 9.59 Å². The monoisotopic (exact) mass is 380 g/mol. The molecule has 0 bridgehead atoms. The fraction of sp³-hybridized carbons (Fsp3) is 0.364. The molecule has 1 heterocycles. The van der Waals surface area contributed by atoms with Crippen molar-refractivity contribution in [2.75, 3.05) is 17.4 Å². The summed E-state index contributed by atoms with van der Waals surface area (Å²) in [6.07, 6.45) is 6.40. The van der Waals surface area contributed by atoms with Crippen molar-refractivity contribution in [3.63, 3.8) is 0 Å². The molecule has 0 unspecified atom stereocenters. The second-order valence-electron chi connectivity index (χ2n) is 7.31. The fourth-order valence-electron chi connectivity index (χ4n) is 3.81. The minimum absolute atomic E-state index is 0.0461. The molecule has 0 saturated heterocycles. The van der Waals surface area contributed by atoms with Crippen molar-refractivity contribution in [2.45, 2.75) is 38.5 Å². The van der Waals surface area contributed by atoms with Crippen LogP contribution in [0.15, 0.2) is 42.5 Å². The lowest BCUT2D eigenvalue weighted by Gasteiger charge is -2.13. The van der Waals surface area contributed by atoms with Gasteiger partial charge in [0.2, 0.25) is 12.7 Å². The molecule has 28 heavy (non-hydrogen) atoms. The summed E-state index contributed by atoms with van der Waals surface area (Å²) >= 11 is 0. The molecule has 0 radical (unpaired) electrons. The van der Waals surface area contributed by atoms with E-state index in [2.05, 4.69) is 10.6 Å². The molecule has 6 heteroatoms. The summed E-state index contributed by atoms with van der Waals surface area (Å²) < 4.78 is 10.6. The number of anilines is 2. The Morgan fingerprint density at radius 3 is 2.61 bits per heavy atom. The average Bonchev–Trinajstić information content (AvgIpc) is 3.38. The maximum Gasteiger partial charge on any atom is 0.257 e. The van der Waals surface area contributed by atoms with E-state index in [0.717, 1.165) is 6.42 Å². The third-order valence-electron chi connectivity index (χ3n) is 5.33. The molecule has 2 aromatic carbocycles. The summed E-state index contributed by atoms with van der Waals surface area (Å²) in [5.41, 5.74) is 1.56. The van der Waals surface area contributed by atoms with Gasteiger partial charge in [0.25, 0.3) is 5.91 Å². The zero-order valence-electron chi connectivity index (χ0n) is 15.7. The van der Waals surface area contributed by atoms with E-state index in [1.807, 2.05) is 6.07 Å². The third kappa shape index (κ3) is 4.27. The summed E-state index contributed by atoms with van der Waals surface area (Å²) in [4.78, 5) is 25.1. The quantitative estimate of drug-likeness (QED) is 0.769. The number of amides is 2. The Hall–Kier alpha value is -3.02. The standard InChI is InChI=1S/C22H24N2O4/c25-21(12-9-15-5-1-2-6-15)24-18-8-4-3-7-17(18)22(26)23-16-10-11-19-20(13-16)28-14-27-19/h3-4,7-8,10-11,13,15H,1-2,5-6,9,12,14H2,(H,23,26)(H,24,25). The van der Waals surface area contributed by atoms with Crippen LogP contribution in [0.1, 0.15) is 48.9 Å².